The Kier molecular flexibility index (Phi) is 3.50. The Labute approximate surface area is 89.7 Å². The summed E-state index contributed by atoms with van der Waals surface area (Å²) < 4.78 is 5.09. The molecule has 15 heavy (non-hydrogen) atoms. The molecule has 0 aromatic carbocycles. The summed E-state index contributed by atoms with van der Waals surface area (Å²) in [6.45, 7) is 5.40. The van der Waals surface area contributed by atoms with Gasteiger partial charge in [0.25, 0.3) is 0 Å². The smallest absolute Gasteiger partial charge is 0.408 e. The number of hydrogen-bond donors (Lipinski definition) is 1. The van der Waals surface area contributed by atoms with Crippen LogP contribution in [0.15, 0.2) is 12.2 Å². The molecule has 1 N–H and O–H groups in total. The molecule has 1 aliphatic carbocycles. The Balaban J connectivity index is 2.44. The highest BCUT2D eigenvalue weighted by molar-refractivity contribution is 5.70. The van der Waals surface area contributed by atoms with Crippen LogP contribution >= 0.6 is 0 Å². The van der Waals surface area contributed by atoms with Crippen molar-refractivity contribution in [3.8, 4) is 0 Å². The van der Waals surface area contributed by atoms with Gasteiger partial charge in [-0.3, -0.25) is 0 Å². The van der Waals surface area contributed by atoms with E-state index >= 15 is 0 Å². The first kappa shape index (κ1) is 11.8. The van der Waals surface area contributed by atoms with Crippen molar-refractivity contribution < 1.29 is 14.3 Å². The van der Waals surface area contributed by atoms with Gasteiger partial charge in [-0.2, -0.15) is 0 Å². The molecular weight excluding hydrogens is 194 g/mol. The highest BCUT2D eigenvalue weighted by Gasteiger charge is 2.25. The molecule has 2 unspecified atom stereocenters. The van der Waals surface area contributed by atoms with Crippen LogP contribution in [0, 0.1) is 5.92 Å². The fraction of sp³-hybridized carbons (Fsp3) is 0.636. The molecule has 0 aromatic heterocycles. The molecule has 1 amide bonds. The lowest BCUT2D eigenvalue weighted by Gasteiger charge is -2.22. The van der Waals surface area contributed by atoms with E-state index in [2.05, 4.69) is 5.32 Å². The summed E-state index contributed by atoms with van der Waals surface area (Å²) in [5.41, 5.74) is -0.511. The zero-order valence-corrected chi connectivity index (χ0v) is 9.32. The molecule has 0 saturated carbocycles. The average Bonchev–Trinajstić information content (AvgIpc) is 2.48. The van der Waals surface area contributed by atoms with Gasteiger partial charge in [0.1, 0.15) is 11.9 Å². The molecule has 0 saturated heterocycles. The zero-order valence-electron chi connectivity index (χ0n) is 9.32. The lowest BCUT2D eigenvalue weighted by atomic mass is 10.1. The fourth-order valence-electron chi connectivity index (χ4n) is 1.41. The first-order chi connectivity index (χ1) is 6.92. The van der Waals surface area contributed by atoms with Crippen molar-refractivity contribution in [2.24, 2.45) is 5.92 Å². The van der Waals surface area contributed by atoms with Gasteiger partial charge in [-0.25, -0.2) is 4.79 Å². The van der Waals surface area contributed by atoms with Crippen LogP contribution < -0.4 is 5.32 Å². The molecule has 0 radical (unpaired) electrons. The van der Waals surface area contributed by atoms with Crippen molar-refractivity contribution >= 4 is 12.4 Å². The van der Waals surface area contributed by atoms with Crippen molar-refractivity contribution in [3.63, 3.8) is 0 Å². The van der Waals surface area contributed by atoms with Crippen LogP contribution in [0.2, 0.25) is 0 Å². The number of carbonyl (C=O) groups excluding carboxylic acids is 2. The Bertz CT molecular complexity index is 278. The number of rotatable bonds is 2. The molecule has 1 rings (SSSR count). The number of carbonyl (C=O) groups is 2. The first-order valence-corrected chi connectivity index (χ1v) is 5.04. The van der Waals surface area contributed by atoms with E-state index in [1.165, 1.54) is 0 Å². The summed E-state index contributed by atoms with van der Waals surface area (Å²) in [7, 11) is 0. The average molecular weight is 211 g/mol. The standard InChI is InChI=1S/C11H17NO3/c1-11(2,3)15-10(14)12-9-6-4-5-8(9)7-13/h4,6-9H,5H2,1-3H3,(H,12,14). The van der Waals surface area contributed by atoms with Crippen LogP contribution in [0.1, 0.15) is 27.2 Å². The quantitative estimate of drug-likeness (QED) is 0.558. The van der Waals surface area contributed by atoms with Crippen LogP contribution in [0.5, 0.6) is 0 Å². The molecule has 84 valence electrons. The Morgan fingerprint density at radius 3 is 2.73 bits per heavy atom. The topological polar surface area (TPSA) is 55.4 Å². The van der Waals surface area contributed by atoms with Gasteiger partial charge < -0.3 is 14.8 Å². The largest absolute Gasteiger partial charge is 0.444 e. The molecule has 0 heterocycles. The van der Waals surface area contributed by atoms with Gasteiger partial charge in [0.15, 0.2) is 0 Å². The number of amides is 1. The second-order valence-corrected chi connectivity index (χ2v) is 4.64. The van der Waals surface area contributed by atoms with Crippen LogP contribution in [-0.4, -0.2) is 24.0 Å². The SMILES string of the molecule is CC(C)(C)OC(=O)NC1C=CCC1C=O. The van der Waals surface area contributed by atoms with E-state index in [4.69, 9.17) is 4.74 Å². The highest BCUT2D eigenvalue weighted by Crippen LogP contribution is 2.17. The van der Waals surface area contributed by atoms with E-state index in [0.29, 0.717) is 6.42 Å². The van der Waals surface area contributed by atoms with Crippen molar-refractivity contribution in [2.45, 2.75) is 38.8 Å². The lowest BCUT2D eigenvalue weighted by Crippen LogP contribution is -2.41. The third-order valence-corrected chi connectivity index (χ3v) is 2.07. The summed E-state index contributed by atoms with van der Waals surface area (Å²) >= 11 is 0. The van der Waals surface area contributed by atoms with Crippen molar-refractivity contribution in [3.05, 3.63) is 12.2 Å². The van der Waals surface area contributed by atoms with E-state index in [9.17, 15) is 9.59 Å². The van der Waals surface area contributed by atoms with E-state index in [-0.39, 0.29) is 12.0 Å². The number of nitrogens with one attached hydrogen (secondary N) is 1. The van der Waals surface area contributed by atoms with Crippen LogP contribution in [0.25, 0.3) is 0 Å². The predicted molar refractivity (Wildman–Crippen MR) is 56.5 cm³/mol. The molecule has 0 fully saturated rings. The Morgan fingerprint density at radius 1 is 1.53 bits per heavy atom. The Morgan fingerprint density at radius 2 is 2.20 bits per heavy atom. The van der Waals surface area contributed by atoms with E-state index < -0.39 is 11.7 Å². The maximum atomic E-state index is 11.4. The molecule has 0 bridgehead atoms. The minimum Gasteiger partial charge on any atom is -0.444 e. The lowest BCUT2D eigenvalue weighted by molar-refractivity contribution is -0.111. The van der Waals surface area contributed by atoms with E-state index in [0.717, 1.165) is 6.29 Å². The van der Waals surface area contributed by atoms with Crippen molar-refractivity contribution in [2.75, 3.05) is 0 Å². The monoisotopic (exact) mass is 211 g/mol. The molecule has 0 spiro atoms. The van der Waals surface area contributed by atoms with E-state index in [1.807, 2.05) is 12.2 Å². The number of alkyl carbamates (subject to hydrolysis) is 1. The minimum atomic E-state index is -0.511. The Hall–Kier alpha value is -1.32. The predicted octanol–water partition coefficient (Wildman–Crippen LogP) is 1.65. The van der Waals surface area contributed by atoms with Gasteiger partial charge in [-0.1, -0.05) is 12.2 Å². The summed E-state index contributed by atoms with van der Waals surface area (Å²) in [6, 6.07) is -0.225. The fourth-order valence-corrected chi connectivity index (χ4v) is 1.41. The van der Waals surface area contributed by atoms with Crippen LogP contribution in [0.4, 0.5) is 4.79 Å². The van der Waals surface area contributed by atoms with Gasteiger partial charge in [-0.05, 0) is 27.2 Å². The third kappa shape index (κ3) is 3.73. The van der Waals surface area contributed by atoms with Crippen molar-refractivity contribution in [1.29, 1.82) is 0 Å². The van der Waals surface area contributed by atoms with Gasteiger partial charge >= 0.3 is 6.09 Å². The maximum Gasteiger partial charge on any atom is 0.408 e. The third-order valence-electron chi connectivity index (χ3n) is 2.07. The number of aldehydes is 1. The van der Waals surface area contributed by atoms with Gasteiger partial charge in [0, 0.05) is 5.92 Å². The highest BCUT2D eigenvalue weighted by atomic mass is 16.6. The summed E-state index contributed by atoms with van der Waals surface area (Å²) in [6.07, 6.45) is 4.78. The normalized spacial score (nSPS) is 25.0. The van der Waals surface area contributed by atoms with E-state index in [1.54, 1.807) is 20.8 Å². The molecule has 1 aliphatic rings. The zero-order chi connectivity index (χ0) is 11.5. The van der Waals surface area contributed by atoms with Gasteiger partial charge in [0.05, 0.1) is 6.04 Å². The minimum absolute atomic E-state index is 0.155. The molecule has 4 heteroatoms. The number of hydrogen-bond acceptors (Lipinski definition) is 3. The molecule has 0 aliphatic heterocycles. The number of ether oxygens (including phenoxy) is 1. The molecule has 0 aromatic rings. The van der Waals surface area contributed by atoms with Crippen LogP contribution in [0.3, 0.4) is 0 Å². The molecule has 2 atom stereocenters. The first-order valence-electron chi connectivity index (χ1n) is 5.04. The number of allylic oxidation sites excluding steroid dienone is 1. The summed E-state index contributed by atoms with van der Waals surface area (Å²) in [5, 5.41) is 2.66. The summed E-state index contributed by atoms with van der Waals surface area (Å²) in [4.78, 5) is 22.0. The second-order valence-electron chi connectivity index (χ2n) is 4.64. The summed E-state index contributed by atoms with van der Waals surface area (Å²) in [5.74, 6) is -0.155. The van der Waals surface area contributed by atoms with Gasteiger partial charge in [0.2, 0.25) is 0 Å². The molecular formula is C11H17NO3. The van der Waals surface area contributed by atoms with Crippen molar-refractivity contribution in [1.82, 2.24) is 5.32 Å². The maximum absolute atomic E-state index is 11.4. The van der Waals surface area contributed by atoms with Crippen LogP contribution in [-0.2, 0) is 9.53 Å². The van der Waals surface area contributed by atoms with Gasteiger partial charge in [-0.15, -0.1) is 0 Å². The molecule has 4 nitrogen and oxygen atoms in total. The second kappa shape index (κ2) is 4.47.